The van der Waals surface area contributed by atoms with Crippen LogP contribution in [0.4, 0.5) is 0 Å². The van der Waals surface area contributed by atoms with Crippen molar-refractivity contribution in [2.24, 2.45) is 5.10 Å². The van der Waals surface area contributed by atoms with Gasteiger partial charge in [0.15, 0.2) is 0 Å². The number of aromatic amines is 1. The van der Waals surface area contributed by atoms with Crippen LogP contribution in [0.5, 0.6) is 5.75 Å². The van der Waals surface area contributed by atoms with Crippen molar-refractivity contribution in [2.75, 3.05) is 7.11 Å². The van der Waals surface area contributed by atoms with E-state index in [-0.39, 0.29) is 11.3 Å². The summed E-state index contributed by atoms with van der Waals surface area (Å²) >= 11 is 0. The summed E-state index contributed by atoms with van der Waals surface area (Å²) in [6.07, 6.45) is 1.28. The maximum atomic E-state index is 12.2. The van der Waals surface area contributed by atoms with Crippen LogP contribution in [0.3, 0.4) is 0 Å². The number of nitrogens with zero attached hydrogens (tertiary/aromatic N) is 2. The van der Waals surface area contributed by atoms with E-state index in [4.69, 9.17) is 9.84 Å². The van der Waals surface area contributed by atoms with Gasteiger partial charge < -0.3 is 9.84 Å². The van der Waals surface area contributed by atoms with Gasteiger partial charge in [-0.05, 0) is 36.4 Å². The molecule has 2 aromatic carbocycles. The third-order valence-corrected chi connectivity index (χ3v) is 3.77. The Labute approximate surface area is 154 Å². The molecule has 27 heavy (non-hydrogen) atoms. The minimum absolute atomic E-state index is 0.0961. The summed E-state index contributed by atoms with van der Waals surface area (Å²) in [7, 11) is 1.58. The van der Waals surface area contributed by atoms with Crippen LogP contribution in [0.15, 0.2) is 59.7 Å². The van der Waals surface area contributed by atoms with Gasteiger partial charge >= 0.3 is 5.97 Å². The van der Waals surface area contributed by atoms with E-state index in [0.717, 1.165) is 11.3 Å². The van der Waals surface area contributed by atoms with E-state index in [1.54, 1.807) is 43.5 Å². The number of ether oxygens (including phenoxy) is 1. The van der Waals surface area contributed by atoms with Gasteiger partial charge in [0.2, 0.25) is 0 Å². The lowest BCUT2D eigenvalue weighted by molar-refractivity contribution is 0.0696. The topological polar surface area (TPSA) is 117 Å². The van der Waals surface area contributed by atoms with E-state index >= 15 is 0 Å². The number of benzene rings is 2. The zero-order valence-electron chi connectivity index (χ0n) is 14.3. The van der Waals surface area contributed by atoms with Gasteiger partial charge in [0.1, 0.15) is 11.4 Å². The number of methoxy groups -OCH3 is 1. The molecule has 1 amide bonds. The molecule has 0 fully saturated rings. The minimum atomic E-state index is -1.07. The normalized spacial score (nSPS) is 10.7. The molecule has 0 bridgehead atoms. The van der Waals surface area contributed by atoms with Crippen LogP contribution in [0.1, 0.15) is 26.4 Å². The fourth-order valence-corrected chi connectivity index (χ4v) is 2.37. The standard InChI is InChI=1S/C19H16N4O4/c1-27-14-8-6-12(7-9-14)16-10-17(22-21-16)18(24)23-20-11-13-4-2-3-5-15(13)19(25)26/h2-11H,1H3,(H,21,22)(H,23,24)(H,25,26)/b20-11-. The second kappa shape index (κ2) is 7.96. The van der Waals surface area contributed by atoms with Crippen molar-refractivity contribution in [3.8, 4) is 17.0 Å². The average Bonchev–Trinajstić information content (AvgIpc) is 3.18. The lowest BCUT2D eigenvalue weighted by Crippen LogP contribution is -2.18. The maximum Gasteiger partial charge on any atom is 0.336 e. The molecule has 1 aromatic heterocycles. The molecule has 0 atom stereocenters. The van der Waals surface area contributed by atoms with Crippen LogP contribution >= 0.6 is 0 Å². The zero-order chi connectivity index (χ0) is 19.2. The third-order valence-electron chi connectivity index (χ3n) is 3.77. The number of aromatic carboxylic acids is 1. The summed E-state index contributed by atoms with van der Waals surface area (Å²) in [5, 5.41) is 19.7. The summed E-state index contributed by atoms with van der Waals surface area (Å²) in [4.78, 5) is 23.3. The number of hydrazone groups is 1. The first-order valence-corrected chi connectivity index (χ1v) is 7.94. The highest BCUT2D eigenvalue weighted by atomic mass is 16.5. The fourth-order valence-electron chi connectivity index (χ4n) is 2.37. The second-order valence-corrected chi connectivity index (χ2v) is 5.49. The molecule has 0 aliphatic heterocycles. The molecular formula is C19H16N4O4. The number of rotatable bonds is 6. The highest BCUT2D eigenvalue weighted by molar-refractivity contribution is 5.99. The lowest BCUT2D eigenvalue weighted by Gasteiger charge is -2.00. The monoisotopic (exact) mass is 364 g/mol. The molecule has 0 radical (unpaired) electrons. The fraction of sp³-hybridized carbons (Fsp3) is 0.0526. The Bertz CT molecular complexity index is 993. The molecule has 8 heteroatoms. The van der Waals surface area contributed by atoms with E-state index in [0.29, 0.717) is 11.3 Å². The number of carboxylic acids is 1. The van der Waals surface area contributed by atoms with Crippen LogP contribution in [0, 0.1) is 0 Å². The van der Waals surface area contributed by atoms with Crippen LogP contribution in [0.2, 0.25) is 0 Å². The molecule has 3 aromatic rings. The smallest absolute Gasteiger partial charge is 0.336 e. The number of nitrogens with one attached hydrogen (secondary N) is 2. The van der Waals surface area contributed by atoms with Gasteiger partial charge in [-0.25, -0.2) is 10.2 Å². The number of aromatic nitrogens is 2. The molecule has 0 saturated heterocycles. The Morgan fingerprint density at radius 2 is 1.93 bits per heavy atom. The molecule has 3 N–H and O–H groups in total. The van der Waals surface area contributed by atoms with Crippen molar-refractivity contribution in [1.82, 2.24) is 15.6 Å². The Morgan fingerprint density at radius 3 is 2.63 bits per heavy atom. The quantitative estimate of drug-likeness (QED) is 0.459. The highest BCUT2D eigenvalue weighted by Crippen LogP contribution is 2.21. The number of carbonyl (C=O) groups is 2. The number of H-pyrrole nitrogens is 1. The van der Waals surface area contributed by atoms with Crippen molar-refractivity contribution >= 4 is 18.1 Å². The molecule has 8 nitrogen and oxygen atoms in total. The van der Waals surface area contributed by atoms with Crippen LogP contribution in [-0.2, 0) is 0 Å². The van der Waals surface area contributed by atoms with Gasteiger partial charge in [-0.2, -0.15) is 10.2 Å². The SMILES string of the molecule is COc1ccc(-c2cc(C(=O)N/N=C\c3ccccc3C(=O)O)[nH]n2)cc1. The molecule has 0 unspecified atom stereocenters. The predicted octanol–water partition coefficient (Wildman–Crippen LogP) is 2.55. The van der Waals surface area contributed by atoms with Gasteiger partial charge in [0.25, 0.3) is 5.91 Å². The van der Waals surface area contributed by atoms with Gasteiger partial charge in [-0.1, -0.05) is 18.2 Å². The Hall–Kier alpha value is -3.94. The van der Waals surface area contributed by atoms with Gasteiger partial charge in [-0.15, -0.1) is 0 Å². The van der Waals surface area contributed by atoms with Gasteiger partial charge in [-0.3, -0.25) is 9.89 Å². The summed E-state index contributed by atoms with van der Waals surface area (Å²) in [5.74, 6) is -0.837. The lowest BCUT2D eigenvalue weighted by atomic mass is 10.1. The second-order valence-electron chi connectivity index (χ2n) is 5.49. The van der Waals surface area contributed by atoms with Crippen molar-refractivity contribution < 1.29 is 19.4 Å². The van der Waals surface area contributed by atoms with Crippen LogP contribution in [0.25, 0.3) is 11.3 Å². The average molecular weight is 364 g/mol. The molecule has 1 heterocycles. The molecule has 0 spiro atoms. The summed E-state index contributed by atoms with van der Waals surface area (Å²) in [5.41, 5.74) is 4.47. The Kier molecular flexibility index (Phi) is 5.27. The predicted molar refractivity (Wildman–Crippen MR) is 99.0 cm³/mol. The van der Waals surface area contributed by atoms with Crippen molar-refractivity contribution in [1.29, 1.82) is 0 Å². The summed E-state index contributed by atoms with van der Waals surface area (Å²) in [6, 6.07) is 15.2. The number of carboxylic acid groups (broad SMARTS) is 1. The zero-order valence-corrected chi connectivity index (χ0v) is 14.3. The molecule has 136 valence electrons. The summed E-state index contributed by atoms with van der Waals surface area (Å²) < 4.78 is 5.11. The van der Waals surface area contributed by atoms with Crippen LogP contribution < -0.4 is 10.2 Å². The number of amides is 1. The van der Waals surface area contributed by atoms with Gasteiger partial charge in [0, 0.05) is 11.1 Å². The first-order valence-electron chi connectivity index (χ1n) is 7.94. The molecule has 0 saturated carbocycles. The third kappa shape index (κ3) is 4.18. The first kappa shape index (κ1) is 17.9. The largest absolute Gasteiger partial charge is 0.497 e. The van der Waals surface area contributed by atoms with E-state index < -0.39 is 11.9 Å². The number of hydrogen-bond donors (Lipinski definition) is 3. The van der Waals surface area contributed by atoms with E-state index in [1.807, 2.05) is 12.1 Å². The molecule has 0 aliphatic carbocycles. The number of carbonyl (C=O) groups excluding carboxylic acids is 1. The van der Waals surface area contributed by atoms with Crippen molar-refractivity contribution in [2.45, 2.75) is 0 Å². The highest BCUT2D eigenvalue weighted by Gasteiger charge is 2.11. The minimum Gasteiger partial charge on any atom is -0.497 e. The van der Waals surface area contributed by atoms with E-state index in [1.165, 1.54) is 12.3 Å². The van der Waals surface area contributed by atoms with E-state index in [2.05, 4.69) is 20.7 Å². The molecule has 3 rings (SSSR count). The molecule has 0 aliphatic rings. The van der Waals surface area contributed by atoms with Crippen LogP contribution in [-0.4, -0.2) is 40.5 Å². The Morgan fingerprint density at radius 1 is 1.19 bits per heavy atom. The first-order chi connectivity index (χ1) is 13.1. The van der Waals surface area contributed by atoms with E-state index in [9.17, 15) is 9.59 Å². The maximum absolute atomic E-state index is 12.2. The number of hydrogen-bond acceptors (Lipinski definition) is 5. The van der Waals surface area contributed by atoms with Crippen molar-refractivity contribution in [3.63, 3.8) is 0 Å². The molecular weight excluding hydrogens is 348 g/mol. The summed E-state index contributed by atoms with van der Waals surface area (Å²) in [6.45, 7) is 0. The van der Waals surface area contributed by atoms with Crippen molar-refractivity contribution in [3.05, 3.63) is 71.4 Å². The van der Waals surface area contributed by atoms with Gasteiger partial charge in [0.05, 0.1) is 24.6 Å². The Balaban J connectivity index is 1.68.